The smallest absolute Gasteiger partial charge is 0.277 e. The lowest BCUT2D eigenvalue weighted by Crippen LogP contribution is -2.40. The molecule has 2 aromatic carbocycles. The van der Waals surface area contributed by atoms with Gasteiger partial charge in [0.05, 0.1) is 33.0 Å². The van der Waals surface area contributed by atoms with E-state index in [4.69, 9.17) is 14.2 Å². The Kier molecular flexibility index (Phi) is 6.23. The van der Waals surface area contributed by atoms with Gasteiger partial charge in [-0.15, -0.1) is 0 Å². The molecule has 0 atom stereocenters. The van der Waals surface area contributed by atoms with Crippen molar-refractivity contribution < 1.29 is 23.8 Å². The van der Waals surface area contributed by atoms with Crippen molar-refractivity contribution in [2.45, 2.75) is 6.42 Å². The highest BCUT2D eigenvalue weighted by Gasteiger charge is 2.41. The summed E-state index contributed by atoms with van der Waals surface area (Å²) in [7, 11) is 3.17. The van der Waals surface area contributed by atoms with Gasteiger partial charge in [-0.3, -0.25) is 14.5 Å². The van der Waals surface area contributed by atoms with E-state index in [0.29, 0.717) is 55.5 Å². The number of benzene rings is 2. The lowest BCUT2D eigenvalue weighted by atomic mass is 10.0. The van der Waals surface area contributed by atoms with Crippen LogP contribution in [0.3, 0.4) is 0 Å². The molecule has 0 aromatic heterocycles. The van der Waals surface area contributed by atoms with E-state index in [1.165, 1.54) is 4.90 Å². The number of carbonyl (C=O) groups is 2. The summed E-state index contributed by atoms with van der Waals surface area (Å²) in [5, 5.41) is 0. The van der Waals surface area contributed by atoms with Gasteiger partial charge < -0.3 is 19.1 Å². The fourth-order valence-corrected chi connectivity index (χ4v) is 3.99. The fourth-order valence-electron chi connectivity index (χ4n) is 3.99. The zero-order valence-electron chi connectivity index (χ0n) is 17.8. The molecule has 162 valence electrons. The Labute approximate surface area is 181 Å². The average molecular weight is 422 g/mol. The maximum atomic E-state index is 13.4. The van der Waals surface area contributed by atoms with Gasteiger partial charge in [0.25, 0.3) is 11.8 Å². The minimum absolute atomic E-state index is 0.244. The Morgan fingerprint density at radius 1 is 0.903 bits per heavy atom. The third-order valence-electron chi connectivity index (χ3n) is 5.61. The summed E-state index contributed by atoms with van der Waals surface area (Å²) in [5.41, 5.74) is 2.67. The van der Waals surface area contributed by atoms with Crippen LogP contribution in [-0.2, 0) is 20.7 Å². The van der Waals surface area contributed by atoms with Gasteiger partial charge in [-0.05, 0) is 29.7 Å². The van der Waals surface area contributed by atoms with Gasteiger partial charge in [0.2, 0.25) is 0 Å². The molecular formula is C24H26N2O5. The van der Waals surface area contributed by atoms with Crippen LogP contribution < -0.4 is 9.47 Å². The molecule has 2 aliphatic heterocycles. The van der Waals surface area contributed by atoms with Crippen LogP contribution in [0.5, 0.6) is 11.5 Å². The number of ether oxygens (including phenoxy) is 3. The maximum absolute atomic E-state index is 13.4. The number of carbonyl (C=O) groups excluding carboxylic acids is 2. The Morgan fingerprint density at radius 2 is 1.61 bits per heavy atom. The molecule has 1 fully saturated rings. The fraction of sp³-hybridized carbons (Fsp3) is 0.333. The van der Waals surface area contributed by atoms with Crippen molar-refractivity contribution in [1.82, 2.24) is 9.80 Å². The second-order valence-corrected chi connectivity index (χ2v) is 7.39. The predicted molar refractivity (Wildman–Crippen MR) is 116 cm³/mol. The Bertz CT molecular complexity index is 996. The number of rotatable bonds is 7. The van der Waals surface area contributed by atoms with Crippen molar-refractivity contribution in [3.63, 3.8) is 0 Å². The Morgan fingerprint density at radius 3 is 2.29 bits per heavy atom. The van der Waals surface area contributed by atoms with Crippen molar-refractivity contribution in [2.75, 3.05) is 47.1 Å². The first-order chi connectivity index (χ1) is 15.1. The summed E-state index contributed by atoms with van der Waals surface area (Å²) in [6.07, 6.45) is 0.524. The second kappa shape index (κ2) is 9.22. The van der Waals surface area contributed by atoms with E-state index in [1.807, 2.05) is 53.4 Å². The quantitative estimate of drug-likeness (QED) is 0.638. The molecule has 2 heterocycles. The topological polar surface area (TPSA) is 68.3 Å². The van der Waals surface area contributed by atoms with Crippen LogP contribution in [0.15, 0.2) is 54.2 Å². The Hall–Kier alpha value is -3.32. The van der Waals surface area contributed by atoms with E-state index in [-0.39, 0.29) is 18.4 Å². The number of hydrogen-bond donors (Lipinski definition) is 0. The first kappa shape index (κ1) is 20.9. The Balaban J connectivity index is 1.59. The summed E-state index contributed by atoms with van der Waals surface area (Å²) in [5.74, 6) is 0.766. The lowest BCUT2D eigenvalue weighted by Gasteiger charge is -2.29. The maximum Gasteiger partial charge on any atom is 0.277 e. The minimum Gasteiger partial charge on any atom is -0.493 e. The molecule has 0 unspecified atom stereocenters. The first-order valence-corrected chi connectivity index (χ1v) is 10.3. The zero-order valence-corrected chi connectivity index (χ0v) is 17.8. The van der Waals surface area contributed by atoms with E-state index in [2.05, 4.69) is 0 Å². The van der Waals surface area contributed by atoms with Crippen molar-refractivity contribution in [2.24, 2.45) is 0 Å². The van der Waals surface area contributed by atoms with Crippen molar-refractivity contribution in [1.29, 1.82) is 0 Å². The summed E-state index contributed by atoms with van der Waals surface area (Å²) < 4.78 is 16.1. The number of imide groups is 1. The third kappa shape index (κ3) is 4.14. The largest absolute Gasteiger partial charge is 0.493 e. The standard InChI is InChI=1S/C24H26N2O5/c1-29-19-9-8-17(16-20(19)30-2)10-11-26-23(27)21(18-6-4-3-5-7-18)22(24(26)28)25-12-14-31-15-13-25/h3-9,16H,10-15H2,1-2H3. The molecule has 0 bridgehead atoms. The van der Waals surface area contributed by atoms with Crippen molar-refractivity contribution in [3.05, 3.63) is 65.4 Å². The molecule has 7 nitrogen and oxygen atoms in total. The molecule has 0 saturated carbocycles. The highest BCUT2D eigenvalue weighted by Crippen LogP contribution is 2.33. The summed E-state index contributed by atoms with van der Waals surface area (Å²) in [6.45, 7) is 2.55. The normalized spacial score (nSPS) is 16.8. The van der Waals surface area contributed by atoms with Gasteiger partial charge in [-0.25, -0.2) is 0 Å². The van der Waals surface area contributed by atoms with Gasteiger partial charge in [-0.2, -0.15) is 0 Å². The number of nitrogens with zero attached hydrogens (tertiary/aromatic N) is 2. The lowest BCUT2D eigenvalue weighted by molar-refractivity contribution is -0.137. The molecule has 1 saturated heterocycles. The van der Waals surface area contributed by atoms with Gasteiger partial charge in [0, 0.05) is 19.6 Å². The molecule has 0 spiro atoms. The monoisotopic (exact) mass is 422 g/mol. The minimum atomic E-state index is -0.252. The average Bonchev–Trinajstić information content (AvgIpc) is 3.08. The molecule has 4 rings (SSSR count). The highest BCUT2D eigenvalue weighted by molar-refractivity contribution is 6.35. The molecule has 0 aliphatic carbocycles. The molecular weight excluding hydrogens is 396 g/mol. The number of hydrogen-bond acceptors (Lipinski definition) is 6. The van der Waals surface area contributed by atoms with Gasteiger partial charge >= 0.3 is 0 Å². The second-order valence-electron chi connectivity index (χ2n) is 7.39. The van der Waals surface area contributed by atoms with E-state index >= 15 is 0 Å². The molecule has 2 amide bonds. The zero-order chi connectivity index (χ0) is 21.8. The van der Waals surface area contributed by atoms with Crippen LogP contribution in [0.2, 0.25) is 0 Å². The summed E-state index contributed by atoms with van der Waals surface area (Å²) >= 11 is 0. The molecule has 31 heavy (non-hydrogen) atoms. The molecule has 7 heteroatoms. The molecule has 2 aromatic rings. The van der Waals surface area contributed by atoms with Crippen molar-refractivity contribution in [3.8, 4) is 11.5 Å². The van der Waals surface area contributed by atoms with E-state index in [9.17, 15) is 9.59 Å². The summed E-state index contributed by atoms with van der Waals surface area (Å²) in [6, 6.07) is 15.0. The molecule has 2 aliphatic rings. The van der Waals surface area contributed by atoms with E-state index in [1.54, 1.807) is 14.2 Å². The van der Waals surface area contributed by atoms with Crippen LogP contribution >= 0.6 is 0 Å². The SMILES string of the molecule is COc1ccc(CCN2C(=O)C(c3ccccc3)=C(N3CCOCC3)C2=O)cc1OC. The van der Waals surface area contributed by atoms with Crippen LogP contribution in [0.1, 0.15) is 11.1 Å². The molecule has 0 radical (unpaired) electrons. The van der Waals surface area contributed by atoms with Crippen LogP contribution in [0.25, 0.3) is 5.57 Å². The number of methoxy groups -OCH3 is 2. The van der Waals surface area contributed by atoms with E-state index in [0.717, 1.165) is 11.1 Å². The predicted octanol–water partition coefficient (Wildman–Crippen LogP) is 2.36. The molecule has 0 N–H and O–H groups in total. The highest BCUT2D eigenvalue weighted by atomic mass is 16.5. The van der Waals surface area contributed by atoms with Gasteiger partial charge in [0.1, 0.15) is 5.70 Å². The number of morpholine rings is 1. The third-order valence-corrected chi connectivity index (χ3v) is 5.61. The van der Waals surface area contributed by atoms with Gasteiger partial charge in [-0.1, -0.05) is 36.4 Å². The van der Waals surface area contributed by atoms with Crippen LogP contribution in [-0.4, -0.2) is 68.7 Å². The van der Waals surface area contributed by atoms with Gasteiger partial charge in [0.15, 0.2) is 11.5 Å². The van der Waals surface area contributed by atoms with E-state index < -0.39 is 0 Å². The van der Waals surface area contributed by atoms with Crippen molar-refractivity contribution >= 4 is 17.4 Å². The first-order valence-electron chi connectivity index (χ1n) is 10.3. The van der Waals surface area contributed by atoms with Crippen LogP contribution in [0.4, 0.5) is 0 Å². The number of amides is 2. The summed E-state index contributed by atoms with van der Waals surface area (Å²) in [4.78, 5) is 30.0. The van der Waals surface area contributed by atoms with Crippen LogP contribution in [0, 0.1) is 0 Å².